The van der Waals surface area contributed by atoms with Crippen LogP contribution >= 0.6 is 0 Å². The number of hydrogen-bond acceptors (Lipinski definition) is 2. The lowest BCUT2D eigenvalue weighted by atomic mass is 9.84. The molecule has 106 valence electrons. The quantitative estimate of drug-likeness (QED) is 0.899. The smallest absolute Gasteiger partial charge is 0.0991 e. The molecule has 1 aliphatic rings. The molecular formula is C17H23N3. The Morgan fingerprint density at radius 2 is 2.30 bits per heavy atom. The molecule has 1 aromatic carbocycles. The van der Waals surface area contributed by atoms with E-state index in [0.717, 1.165) is 11.6 Å². The van der Waals surface area contributed by atoms with Crippen molar-refractivity contribution in [3.05, 3.63) is 43.0 Å². The van der Waals surface area contributed by atoms with E-state index < -0.39 is 0 Å². The average molecular weight is 269 g/mol. The van der Waals surface area contributed by atoms with Crippen LogP contribution in [0.2, 0.25) is 0 Å². The summed E-state index contributed by atoms with van der Waals surface area (Å²) in [5.74, 6) is 0.901. The molecular weight excluding hydrogens is 246 g/mol. The third-order valence-electron chi connectivity index (χ3n) is 4.38. The molecule has 3 rings (SSSR count). The van der Waals surface area contributed by atoms with E-state index in [0.29, 0.717) is 6.04 Å². The summed E-state index contributed by atoms with van der Waals surface area (Å²) in [5.41, 5.74) is 2.38. The van der Waals surface area contributed by atoms with Crippen LogP contribution < -0.4 is 5.32 Å². The highest BCUT2D eigenvalue weighted by Gasteiger charge is 2.20. The predicted molar refractivity (Wildman–Crippen MR) is 83.2 cm³/mol. The number of benzene rings is 1. The maximum Gasteiger partial charge on any atom is 0.0991 e. The van der Waals surface area contributed by atoms with Gasteiger partial charge >= 0.3 is 0 Å². The molecule has 2 atom stereocenters. The molecule has 0 radical (unpaired) electrons. The van der Waals surface area contributed by atoms with Crippen LogP contribution in [0.3, 0.4) is 0 Å². The summed E-state index contributed by atoms with van der Waals surface area (Å²) in [6, 6.07) is 9.22. The van der Waals surface area contributed by atoms with Crippen molar-refractivity contribution in [1.82, 2.24) is 9.55 Å². The minimum absolute atomic E-state index is 0.631. The van der Waals surface area contributed by atoms with Crippen LogP contribution in [0.15, 0.2) is 43.0 Å². The molecule has 0 amide bonds. The molecule has 20 heavy (non-hydrogen) atoms. The standard InChI is InChI=1S/C17H23N3/c1-2-14-5-3-6-15(11-14)19-16-7-4-8-17(12-16)20-10-9-18-13-20/h4,7-10,12-15,19H,2-3,5-6,11H2,1H3. The van der Waals surface area contributed by atoms with Gasteiger partial charge in [-0.25, -0.2) is 4.98 Å². The number of nitrogens with zero attached hydrogens (tertiary/aromatic N) is 2. The van der Waals surface area contributed by atoms with E-state index in [4.69, 9.17) is 0 Å². The van der Waals surface area contributed by atoms with Crippen molar-refractivity contribution in [1.29, 1.82) is 0 Å². The van der Waals surface area contributed by atoms with E-state index in [9.17, 15) is 0 Å². The molecule has 1 heterocycles. The topological polar surface area (TPSA) is 29.9 Å². The molecule has 1 N–H and O–H groups in total. The maximum atomic E-state index is 4.11. The second-order valence-corrected chi connectivity index (χ2v) is 5.80. The molecule has 0 aliphatic heterocycles. The second kappa shape index (κ2) is 6.12. The van der Waals surface area contributed by atoms with E-state index in [1.807, 2.05) is 23.3 Å². The Kier molecular flexibility index (Phi) is 4.05. The molecule has 0 spiro atoms. The Balaban J connectivity index is 1.70. The molecule has 0 bridgehead atoms. The molecule has 1 aromatic heterocycles. The summed E-state index contributed by atoms with van der Waals surface area (Å²) < 4.78 is 2.04. The monoisotopic (exact) mass is 269 g/mol. The van der Waals surface area contributed by atoms with Gasteiger partial charge < -0.3 is 9.88 Å². The molecule has 1 fully saturated rings. The summed E-state index contributed by atoms with van der Waals surface area (Å²) in [7, 11) is 0. The van der Waals surface area contributed by atoms with Crippen molar-refractivity contribution in [2.45, 2.75) is 45.1 Å². The largest absolute Gasteiger partial charge is 0.382 e. The molecule has 3 heteroatoms. The first-order valence-electron chi connectivity index (χ1n) is 7.70. The van der Waals surface area contributed by atoms with E-state index >= 15 is 0 Å². The van der Waals surface area contributed by atoms with Gasteiger partial charge in [-0.3, -0.25) is 0 Å². The van der Waals surface area contributed by atoms with E-state index in [1.165, 1.54) is 37.8 Å². The highest BCUT2D eigenvalue weighted by Crippen LogP contribution is 2.29. The number of aromatic nitrogens is 2. The van der Waals surface area contributed by atoms with Crippen molar-refractivity contribution >= 4 is 5.69 Å². The Morgan fingerprint density at radius 3 is 3.10 bits per heavy atom. The van der Waals surface area contributed by atoms with Crippen molar-refractivity contribution in [3.8, 4) is 5.69 Å². The van der Waals surface area contributed by atoms with E-state index in [-0.39, 0.29) is 0 Å². The van der Waals surface area contributed by atoms with Crippen LogP contribution in [0.1, 0.15) is 39.0 Å². The number of hydrogen-bond donors (Lipinski definition) is 1. The highest BCUT2D eigenvalue weighted by atomic mass is 15.0. The van der Waals surface area contributed by atoms with Gasteiger partial charge in [-0.05, 0) is 37.0 Å². The van der Waals surface area contributed by atoms with Crippen LogP contribution in [0.4, 0.5) is 5.69 Å². The first-order chi connectivity index (χ1) is 9.85. The Bertz CT molecular complexity index is 533. The summed E-state index contributed by atoms with van der Waals surface area (Å²) in [6.07, 6.45) is 12.3. The van der Waals surface area contributed by atoms with Gasteiger partial charge in [0.15, 0.2) is 0 Å². The van der Waals surface area contributed by atoms with Crippen LogP contribution in [0.25, 0.3) is 5.69 Å². The van der Waals surface area contributed by atoms with Gasteiger partial charge in [0.2, 0.25) is 0 Å². The Hall–Kier alpha value is -1.77. The minimum atomic E-state index is 0.631. The first kappa shape index (κ1) is 13.2. The summed E-state index contributed by atoms with van der Waals surface area (Å²) >= 11 is 0. The van der Waals surface area contributed by atoms with Crippen molar-refractivity contribution in [2.75, 3.05) is 5.32 Å². The fourth-order valence-electron chi connectivity index (χ4n) is 3.20. The fourth-order valence-corrected chi connectivity index (χ4v) is 3.20. The summed E-state index contributed by atoms with van der Waals surface area (Å²) in [5, 5.41) is 3.71. The fraction of sp³-hybridized carbons (Fsp3) is 0.471. The lowest BCUT2D eigenvalue weighted by molar-refractivity contribution is 0.327. The molecule has 2 aromatic rings. The molecule has 2 unspecified atom stereocenters. The van der Waals surface area contributed by atoms with Gasteiger partial charge in [0.05, 0.1) is 6.33 Å². The van der Waals surface area contributed by atoms with E-state index in [2.05, 4.69) is 41.5 Å². The van der Waals surface area contributed by atoms with Crippen molar-refractivity contribution < 1.29 is 0 Å². The third-order valence-corrected chi connectivity index (χ3v) is 4.38. The van der Waals surface area contributed by atoms with Gasteiger partial charge in [-0.2, -0.15) is 0 Å². The molecule has 0 saturated heterocycles. The predicted octanol–water partition coefficient (Wildman–Crippen LogP) is 4.25. The van der Waals surface area contributed by atoms with Crippen molar-refractivity contribution in [3.63, 3.8) is 0 Å². The summed E-state index contributed by atoms with van der Waals surface area (Å²) in [6.45, 7) is 2.31. The normalized spacial score (nSPS) is 22.6. The number of imidazole rings is 1. The summed E-state index contributed by atoms with van der Waals surface area (Å²) in [4.78, 5) is 4.11. The molecule has 1 saturated carbocycles. The Labute approximate surface area is 121 Å². The van der Waals surface area contributed by atoms with Gasteiger partial charge in [0.25, 0.3) is 0 Å². The zero-order chi connectivity index (χ0) is 13.8. The molecule has 1 aliphatic carbocycles. The lowest BCUT2D eigenvalue weighted by Gasteiger charge is -2.30. The van der Waals surface area contributed by atoms with Gasteiger partial charge in [0.1, 0.15) is 0 Å². The number of anilines is 1. The molecule has 3 nitrogen and oxygen atoms in total. The zero-order valence-electron chi connectivity index (χ0n) is 12.1. The van der Waals surface area contributed by atoms with Crippen LogP contribution in [0, 0.1) is 5.92 Å². The maximum absolute atomic E-state index is 4.11. The third kappa shape index (κ3) is 3.03. The van der Waals surface area contributed by atoms with Gasteiger partial charge in [-0.15, -0.1) is 0 Å². The highest BCUT2D eigenvalue weighted by molar-refractivity contribution is 5.51. The van der Waals surface area contributed by atoms with Crippen LogP contribution in [0.5, 0.6) is 0 Å². The SMILES string of the molecule is CCC1CCCC(Nc2cccc(-n3ccnc3)c2)C1. The zero-order valence-corrected chi connectivity index (χ0v) is 12.1. The van der Waals surface area contributed by atoms with Gasteiger partial charge in [-0.1, -0.05) is 32.3 Å². The van der Waals surface area contributed by atoms with Crippen molar-refractivity contribution in [2.24, 2.45) is 5.92 Å². The van der Waals surface area contributed by atoms with Crippen LogP contribution in [-0.4, -0.2) is 15.6 Å². The van der Waals surface area contributed by atoms with Gasteiger partial charge in [0, 0.05) is 29.8 Å². The Morgan fingerprint density at radius 1 is 1.35 bits per heavy atom. The van der Waals surface area contributed by atoms with Crippen LogP contribution in [-0.2, 0) is 0 Å². The lowest BCUT2D eigenvalue weighted by Crippen LogP contribution is -2.27. The number of nitrogens with one attached hydrogen (secondary N) is 1. The number of rotatable bonds is 4. The average Bonchev–Trinajstić information content (AvgIpc) is 3.02. The first-order valence-corrected chi connectivity index (χ1v) is 7.70. The second-order valence-electron chi connectivity index (χ2n) is 5.80. The van der Waals surface area contributed by atoms with E-state index in [1.54, 1.807) is 0 Å². The minimum Gasteiger partial charge on any atom is -0.382 e.